The van der Waals surface area contributed by atoms with Gasteiger partial charge < -0.3 is 16.0 Å². The molecule has 18 heavy (non-hydrogen) atoms. The van der Waals surface area contributed by atoms with Crippen LogP contribution in [0.15, 0.2) is 0 Å². The molecule has 0 unspecified atom stereocenters. The van der Waals surface area contributed by atoms with Gasteiger partial charge in [-0.25, -0.2) is 0 Å². The minimum Gasteiger partial charge on any atom is -0.353 e. The molecule has 0 aliphatic rings. The van der Waals surface area contributed by atoms with Crippen LogP contribution in [0, 0.1) is 0 Å². The van der Waals surface area contributed by atoms with E-state index >= 15 is 0 Å². The number of unbranched alkanes of at least 4 members (excludes halogenated alkanes) is 1. The summed E-state index contributed by atoms with van der Waals surface area (Å²) in [4.78, 5) is 13.8. The summed E-state index contributed by atoms with van der Waals surface area (Å²) in [5.74, 6) is 0.910. The molecular formula is C12H28ClN3OS. The summed E-state index contributed by atoms with van der Waals surface area (Å²) in [7, 11) is 2.08. The average Bonchev–Trinajstić information content (AvgIpc) is 2.33. The van der Waals surface area contributed by atoms with Crippen LogP contribution in [-0.2, 0) is 4.79 Å². The standard InChI is InChI=1S/C12H27N3OS.ClH/c1-4-5-8-15(2)9-7-14-12(16)11(13)6-10-17-3;/h11H,4-10,13H2,1-3H3,(H,14,16);1H/t11-;/m0./s1. The molecule has 1 amide bonds. The average molecular weight is 298 g/mol. The number of thioether (sulfide) groups is 1. The molecule has 1 atom stereocenters. The molecule has 0 aromatic rings. The number of hydrogen-bond acceptors (Lipinski definition) is 4. The summed E-state index contributed by atoms with van der Waals surface area (Å²) >= 11 is 1.72. The molecule has 0 aliphatic heterocycles. The SMILES string of the molecule is CCCCN(C)CCNC(=O)[C@@H](N)CCSC.Cl. The second-order valence-electron chi connectivity index (χ2n) is 4.34. The zero-order valence-corrected chi connectivity index (χ0v) is 13.4. The van der Waals surface area contributed by atoms with Gasteiger partial charge in [0.1, 0.15) is 0 Å². The zero-order valence-electron chi connectivity index (χ0n) is 11.8. The Morgan fingerprint density at radius 3 is 2.67 bits per heavy atom. The monoisotopic (exact) mass is 297 g/mol. The molecule has 0 aliphatic carbocycles. The molecule has 0 aromatic heterocycles. The molecule has 0 saturated carbocycles. The predicted molar refractivity (Wildman–Crippen MR) is 83.6 cm³/mol. The first kappa shape index (κ1) is 20.3. The Hall–Kier alpha value is 0.0300. The highest BCUT2D eigenvalue weighted by atomic mass is 35.5. The minimum absolute atomic E-state index is 0. The van der Waals surface area contributed by atoms with Crippen molar-refractivity contribution in [3.63, 3.8) is 0 Å². The second-order valence-corrected chi connectivity index (χ2v) is 5.32. The summed E-state index contributed by atoms with van der Waals surface area (Å²) in [6, 6.07) is -0.358. The lowest BCUT2D eigenvalue weighted by atomic mass is 10.2. The van der Waals surface area contributed by atoms with E-state index in [1.165, 1.54) is 12.8 Å². The molecule has 0 radical (unpaired) electrons. The topological polar surface area (TPSA) is 58.4 Å². The van der Waals surface area contributed by atoms with Crippen molar-refractivity contribution in [2.24, 2.45) is 5.73 Å². The van der Waals surface area contributed by atoms with Gasteiger partial charge in [0.05, 0.1) is 6.04 Å². The number of nitrogens with one attached hydrogen (secondary N) is 1. The van der Waals surface area contributed by atoms with Crippen LogP contribution in [0.4, 0.5) is 0 Å². The van der Waals surface area contributed by atoms with E-state index in [4.69, 9.17) is 5.73 Å². The van der Waals surface area contributed by atoms with Gasteiger partial charge >= 0.3 is 0 Å². The van der Waals surface area contributed by atoms with Crippen LogP contribution in [0.2, 0.25) is 0 Å². The van der Waals surface area contributed by atoms with Gasteiger partial charge in [0.25, 0.3) is 0 Å². The van der Waals surface area contributed by atoms with E-state index in [1.54, 1.807) is 11.8 Å². The molecule has 6 heteroatoms. The molecule has 0 heterocycles. The van der Waals surface area contributed by atoms with Crippen LogP contribution in [0.3, 0.4) is 0 Å². The number of likely N-dealkylation sites (N-methyl/N-ethyl adjacent to an activating group) is 1. The molecule has 0 spiro atoms. The van der Waals surface area contributed by atoms with Gasteiger partial charge in [-0.2, -0.15) is 11.8 Å². The second kappa shape index (κ2) is 13.5. The summed E-state index contributed by atoms with van der Waals surface area (Å²) < 4.78 is 0. The lowest BCUT2D eigenvalue weighted by Crippen LogP contribution is -2.43. The normalized spacial score (nSPS) is 12.1. The van der Waals surface area contributed by atoms with Gasteiger partial charge in [-0.3, -0.25) is 4.79 Å². The van der Waals surface area contributed by atoms with Gasteiger partial charge in [-0.05, 0) is 38.4 Å². The Bertz CT molecular complexity index is 208. The van der Waals surface area contributed by atoms with Crippen LogP contribution in [0.25, 0.3) is 0 Å². The molecule has 3 N–H and O–H groups in total. The lowest BCUT2D eigenvalue weighted by molar-refractivity contribution is -0.122. The van der Waals surface area contributed by atoms with Gasteiger partial charge in [0.2, 0.25) is 5.91 Å². The number of nitrogens with two attached hydrogens (primary N) is 1. The molecule has 0 fully saturated rings. The predicted octanol–water partition coefficient (Wildman–Crippen LogP) is 1.34. The van der Waals surface area contributed by atoms with E-state index in [9.17, 15) is 4.79 Å². The molecule has 110 valence electrons. The number of amides is 1. The number of rotatable bonds is 10. The maximum absolute atomic E-state index is 11.6. The van der Waals surface area contributed by atoms with Crippen molar-refractivity contribution in [1.29, 1.82) is 0 Å². The maximum Gasteiger partial charge on any atom is 0.236 e. The Kier molecular flexibility index (Phi) is 15.2. The molecule has 0 aromatic carbocycles. The highest BCUT2D eigenvalue weighted by Gasteiger charge is 2.11. The summed E-state index contributed by atoms with van der Waals surface area (Å²) in [6.45, 7) is 4.85. The number of carbonyl (C=O) groups excluding carboxylic acids is 1. The van der Waals surface area contributed by atoms with Crippen molar-refractivity contribution in [3.8, 4) is 0 Å². The maximum atomic E-state index is 11.6. The molecule has 0 saturated heterocycles. The molecular weight excluding hydrogens is 270 g/mol. The first-order valence-corrected chi connectivity index (χ1v) is 7.72. The zero-order chi connectivity index (χ0) is 13.1. The van der Waals surface area contributed by atoms with E-state index in [2.05, 4.69) is 24.2 Å². The van der Waals surface area contributed by atoms with E-state index in [0.29, 0.717) is 6.54 Å². The minimum atomic E-state index is -0.358. The van der Waals surface area contributed by atoms with Crippen LogP contribution in [0.1, 0.15) is 26.2 Å². The molecule has 0 rings (SSSR count). The highest BCUT2D eigenvalue weighted by molar-refractivity contribution is 7.98. The quantitative estimate of drug-likeness (QED) is 0.639. The fraction of sp³-hybridized carbons (Fsp3) is 0.917. The van der Waals surface area contributed by atoms with E-state index in [1.807, 2.05) is 6.26 Å². The third-order valence-corrected chi connectivity index (χ3v) is 3.30. The van der Waals surface area contributed by atoms with Crippen LogP contribution in [-0.4, -0.2) is 55.5 Å². The van der Waals surface area contributed by atoms with Crippen molar-refractivity contribution in [2.45, 2.75) is 32.2 Å². The van der Waals surface area contributed by atoms with E-state index in [-0.39, 0.29) is 24.4 Å². The summed E-state index contributed by atoms with van der Waals surface area (Å²) in [5, 5.41) is 2.88. The van der Waals surface area contributed by atoms with E-state index < -0.39 is 0 Å². The van der Waals surface area contributed by atoms with Gasteiger partial charge in [-0.15, -0.1) is 12.4 Å². The fourth-order valence-electron chi connectivity index (χ4n) is 1.42. The van der Waals surface area contributed by atoms with Crippen LogP contribution in [0.5, 0.6) is 0 Å². The first-order valence-electron chi connectivity index (χ1n) is 6.32. The Morgan fingerprint density at radius 2 is 2.11 bits per heavy atom. The first-order chi connectivity index (χ1) is 8.11. The van der Waals surface area contributed by atoms with Crippen molar-refractivity contribution < 1.29 is 4.79 Å². The van der Waals surface area contributed by atoms with Gasteiger partial charge in [0, 0.05) is 13.1 Å². The van der Waals surface area contributed by atoms with Crippen molar-refractivity contribution >= 4 is 30.1 Å². The Balaban J connectivity index is 0. The molecule has 0 bridgehead atoms. The lowest BCUT2D eigenvalue weighted by Gasteiger charge is -2.17. The largest absolute Gasteiger partial charge is 0.353 e. The smallest absolute Gasteiger partial charge is 0.236 e. The van der Waals surface area contributed by atoms with Crippen LogP contribution < -0.4 is 11.1 Å². The number of carbonyl (C=O) groups is 1. The number of hydrogen-bond donors (Lipinski definition) is 2. The number of halogens is 1. The highest BCUT2D eigenvalue weighted by Crippen LogP contribution is 1.98. The Morgan fingerprint density at radius 1 is 1.44 bits per heavy atom. The van der Waals surface area contributed by atoms with Crippen molar-refractivity contribution in [3.05, 3.63) is 0 Å². The van der Waals surface area contributed by atoms with Gasteiger partial charge in [-0.1, -0.05) is 13.3 Å². The third kappa shape index (κ3) is 11.1. The molecule has 4 nitrogen and oxygen atoms in total. The van der Waals surface area contributed by atoms with Crippen molar-refractivity contribution in [1.82, 2.24) is 10.2 Å². The van der Waals surface area contributed by atoms with Crippen LogP contribution >= 0.6 is 24.2 Å². The fourth-order valence-corrected chi connectivity index (χ4v) is 1.91. The summed E-state index contributed by atoms with van der Waals surface area (Å²) in [6.07, 6.45) is 5.18. The number of nitrogens with zero attached hydrogens (tertiary/aromatic N) is 1. The van der Waals surface area contributed by atoms with Gasteiger partial charge in [0.15, 0.2) is 0 Å². The third-order valence-electron chi connectivity index (χ3n) is 2.66. The Labute approximate surface area is 122 Å². The van der Waals surface area contributed by atoms with Crippen molar-refractivity contribution in [2.75, 3.05) is 38.7 Å². The van der Waals surface area contributed by atoms with E-state index in [0.717, 1.165) is 25.3 Å². The summed E-state index contributed by atoms with van der Waals surface area (Å²) in [5.41, 5.74) is 5.76.